The highest BCUT2D eigenvalue weighted by molar-refractivity contribution is 7.47. The summed E-state index contributed by atoms with van der Waals surface area (Å²) >= 11 is 0. The van der Waals surface area contributed by atoms with Crippen molar-refractivity contribution in [2.45, 2.75) is 54.0 Å². The van der Waals surface area contributed by atoms with Crippen molar-refractivity contribution in [1.82, 2.24) is 0 Å². The minimum absolute atomic E-state index is 0.170. The van der Waals surface area contributed by atoms with Gasteiger partial charge in [0.1, 0.15) is 12.1 Å². The van der Waals surface area contributed by atoms with E-state index in [4.69, 9.17) is 9.05 Å². The lowest BCUT2D eigenvalue weighted by atomic mass is 10.1. The lowest BCUT2D eigenvalue weighted by molar-refractivity contribution is -1.05. The summed E-state index contributed by atoms with van der Waals surface area (Å²) in [4.78, 5) is 0. The van der Waals surface area contributed by atoms with E-state index in [1.807, 2.05) is 34.6 Å². The quantitative estimate of drug-likeness (QED) is 0.569. The normalized spacial score (nSPS) is 16.9. The van der Waals surface area contributed by atoms with Crippen LogP contribution in [0.3, 0.4) is 0 Å². The zero-order valence-corrected chi connectivity index (χ0v) is 13.7. The first-order valence-corrected chi connectivity index (χ1v) is 8.04. The molecule has 0 saturated heterocycles. The van der Waals surface area contributed by atoms with Gasteiger partial charge in [-0.15, -0.1) is 0 Å². The molecule has 0 spiro atoms. The van der Waals surface area contributed by atoms with Gasteiger partial charge in [-0.3, -0.25) is 9.05 Å². The van der Waals surface area contributed by atoms with E-state index in [0.29, 0.717) is 6.54 Å². The van der Waals surface area contributed by atoms with Gasteiger partial charge in [-0.1, -0.05) is 18.3 Å². The van der Waals surface area contributed by atoms with Gasteiger partial charge in [0.25, 0.3) is 0 Å². The molecule has 0 aliphatic heterocycles. The van der Waals surface area contributed by atoms with Crippen molar-refractivity contribution in [3.05, 3.63) is 0 Å². The topological polar surface area (TPSA) is 55.8 Å². The summed E-state index contributed by atoms with van der Waals surface area (Å²) in [5.41, 5.74) is -0.649. The van der Waals surface area contributed by atoms with Crippen molar-refractivity contribution in [2.75, 3.05) is 19.8 Å². The maximum absolute atomic E-state index is 12.9. The second-order valence-corrected chi connectivity index (χ2v) is 7.90. The largest absolute Gasteiger partial charge is 0.564 e. The summed E-state index contributed by atoms with van der Waals surface area (Å²) in [6, 6.07) is 0. The Balaban J connectivity index is 5.58. The fourth-order valence-corrected chi connectivity index (χ4v) is 4.18. The molecule has 0 aromatic carbocycles. The Labute approximate surface area is 111 Å². The zero-order chi connectivity index (χ0) is 14.6. The molecule has 0 aliphatic rings. The molecule has 0 amide bonds. The van der Waals surface area contributed by atoms with Crippen molar-refractivity contribution >= 4 is 7.75 Å². The Morgan fingerprint density at radius 1 is 1.17 bits per heavy atom. The highest BCUT2D eigenvalue weighted by Gasteiger charge is 2.59. The van der Waals surface area contributed by atoms with Gasteiger partial charge in [-0.05, 0) is 34.6 Å². The van der Waals surface area contributed by atoms with Crippen molar-refractivity contribution in [3.8, 4) is 0 Å². The van der Waals surface area contributed by atoms with Crippen molar-refractivity contribution < 1.29 is 23.2 Å². The van der Waals surface area contributed by atoms with Gasteiger partial charge >= 0.3 is 7.75 Å². The van der Waals surface area contributed by atoms with Crippen LogP contribution in [0, 0.1) is 5.92 Å². The average Bonchev–Trinajstić information content (AvgIpc) is 2.15. The summed E-state index contributed by atoms with van der Waals surface area (Å²) in [7, 11) is -3.62. The van der Waals surface area contributed by atoms with Crippen LogP contribution < -0.4 is 0 Å². The predicted octanol–water partition coefficient (Wildman–Crippen LogP) is 3.83. The van der Waals surface area contributed by atoms with Gasteiger partial charge in [0, 0.05) is 5.92 Å². The second kappa shape index (κ2) is 6.49. The number of hydroxylamine groups is 2. The van der Waals surface area contributed by atoms with Crippen molar-refractivity contribution in [1.29, 1.82) is 0 Å². The van der Waals surface area contributed by atoms with E-state index < -0.39 is 17.7 Å². The first-order chi connectivity index (χ1) is 8.04. The molecule has 0 fully saturated rings. The van der Waals surface area contributed by atoms with Crippen LogP contribution in [0.2, 0.25) is 0 Å². The van der Waals surface area contributed by atoms with Gasteiger partial charge in [0.2, 0.25) is 0 Å². The molecule has 1 unspecified atom stereocenters. The minimum atomic E-state index is -3.62. The standard InChI is InChI=1S/C12H29NO4P/c1-8-16-18(15,17-9-2)13(14,10-11(3)4)12(5,6)7/h11,14H,8-10H2,1-7H3/q+1. The Morgan fingerprint density at radius 3 is 1.78 bits per heavy atom. The summed E-state index contributed by atoms with van der Waals surface area (Å²) in [5.74, 6) is 0.170. The predicted molar refractivity (Wildman–Crippen MR) is 72.4 cm³/mol. The van der Waals surface area contributed by atoms with Gasteiger partial charge in [0.05, 0.1) is 13.2 Å². The number of rotatable bonds is 7. The SMILES string of the molecule is CCOP(=O)(OCC)[N+](O)(CC(C)C)C(C)(C)C. The maximum atomic E-state index is 12.9. The first kappa shape index (κ1) is 18.1. The highest BCUT2D eigenvalue weighted by atomic mass is 31.2. The molecule has 0 bridgehead atoms. The zero-order valence-electron chi connectivity index (χ0n) is 12.8. The Kier molecular flexibility index (Phi) is 6.51. The van der Waals surface area contributed by atoms with Crippen LogP contribution in [0.4, 0.5) is 0 Å². The van der Waals surface area contributed by atoms with Crippen LogP contribution in [0.1, 0.15) is 48.5 Å². The molecule has 6 heteroatoms. The van der Waals surface area contributed by atoms with E-state index in [1.54, 1.807) is 13.8 Å². The van der Waals surface area contributed by atoms with Gasteiger partial charge in [0.15, 0.2) is 0 Å². The maximum Gasteiger partial charge on any atom is 0.564 e. The van der Waals surface area contributed by atoms with Crippen molar-refractivity contribution in [2.24, 2.45) is 5.92 Å². The van der Waals surface area contributed by atoms with E-state index in [1.165, 1.54) is 0 Å². The molecule has 0 rings (SSSR count). The van der Waals surface area contributed by atoms with E-state index in [2.05, 4.69) is 0 Å². The minimum Gasteiger partial charge on any atom is -0.261 e. The van der Waals surface area contributed by atoms with Crippen LogP contribution in [-0.4, -0.2) is 34.9 Å². The van der Waals surface area contributed by atoms with Crippen LogP contribution in [0.15, 0.2) is 0 Å². The number of hydrogen-bond donors (Lipinski definition) is 1. The smallest absolute Gasteiger partial charge is 0.261 e. The Morgan fingerprint density at radius 2 is 1.56 bits per heavy atom. The second-order valence-electron chi connectivity index (χ2n) is 5.78. The number of quaternary nitrogens is 1. The third-order valence-electron chi connectivity index (χ3n) is 2.68. The molecule has 0 saturated carbocycles. The molecule has 0 aromatic rings. The molecule has 0 radical (unpaired) electrons. The van der Waals surface area contributed by atoms with Crippen LogP contribution in [-0.2, 0) is 13.6 Å². The van der Waals surface area contributed by atoms with Crippen LogP contribution in [0.5, 0.6) is 0 Å². The average molecular weight is 282 g/mol. The first-order valence-electron chi connectivity index (χ1n) is 6.54. The van der Waals surface area contributed by atoms with E-state index in [-0.39, 0.29) is 19.1 Å². The summed E-state index contributed by atoms with van der Waals surface area (Å²) in [5, 5.41) is 10.9. The molecule has 5 nitrogen and oxygen atoms in total. The Bertz CT molecular complexity index is 291. The van der Waals surface area contributed by atoms with Gasteiger partial charge < -0.3 is 0 Å². The molecule has 0 heterocycles. The van der Waals surface area contributed by atoms with E-state index in [9.17, 15) is 9.77 Å². The Hall–Kier alpha value is 0.0700. The van der Waals surface area contributed by atoms with Gasteiger partial charge in [-0.25, -0.2) is 5.21 Å². The molecule has 1 N–H and O–H groups in total. The molecule has 0 aliphatic carbocycles. The van der Waals surface area contributed by atoms with E-state index >= 15 is 0 Å². The molecular weight excluding hydrogens is 253 g/mol. The monoisotopic (exact) mass is 282 g/mol. The van der Waals surface area contributed by atoms with Crippen LogP contribution >= 0.6 is 7.75 Å². The molecule has 0 aromatic heterocycles. The van der Waals surface area contributed by atoms with E-state index in [0.717, 1.165) is 0 Å². The summed E-state index contributed by atoms with van der Waals surface area (Å²) in [6.07, 6.45) is 0. The third kappa shape index (κ3) is 3.78. The fraction of sp³-hybridized carbons (Fsp3) is 1.00. The van der Waals surface area contributed by atoms with Crippen LogP contribution in [0.25, 0.3) is 0 Å². The lowest BCUT2D eigenvalue weighted by Crippen LogP contribution is -2.57. The number of nitrogens with zero attached hydrogens (tertiary/aromatic N) is 1. The fourth-order valence-electron chi connectivity index (χ4n) is 1.81. The van der Waals surface area contributed by atoms with Crippen molar-refractivity contribution in [3.63, 3.8) is 0 Å². The molecule has 1 atom stereocenters. The third-order valence-corrected chi connectivity index (χ3v) is 5.43. The highest BCUT2D eigenvalue weighted by Crippen LogP contribution is 2.60. The van der Waals surface area contributed by atoms with Gasteiger partial charge in [-0.2, -0.15) is 4.57 Å². The summed E-state index contributed by atoms with van der Waals surface area (Å²) in [6.45, 7) is 13.7. The summed E-state index contributed by atoms with van der Waals surface area (Å²) < 4.78 is 22.8. The number of hydrogen-bond acceptors (Lipinski definition) is 4. The lowest BCUT2D eigenvalue weighted by Gasteiger charge is -2.44. The molecular formula is C12H29NO4P+. The molecule has 18 heavy (non-hydrogen) atoms. The molecule has 110 valence electrons.